The molecule has 3 heteroatoms. The van der Waals surface area contributed by atoms with Crippen molar-refractivity contribution in [3.63, 3.8) is 0 Å². The van der Waals surface area contributed by atoms with E-state index in [1.807, 2.05) is 41.6 Å². The van der Waals surface area contributed by atoms with Gasteiger partial charge in [-0.1, -0.05) is 13.8 Å². The van der Waals surface area contributed by atoms with Crippen LogP contribution in [0.3, 0.4) is 0 Å². The Kier molecular flexibility index (Phi) is 4.44. The van der Waals surface area contributed by atoms with E-state index in [4.69, 9.17) is 0 Å². The highest BCUT2D eigenvalue weighted by molar-refractivity contribution is 14.1. The summed E-state index contributed by atoms with van der Waals surface area (Å²) in [5.41, 5.74) is 0. The van der Waals surface area contributed by atoms with Crippen molar-refractivity contribution < 1.29 is 4.79 Å². The number of likely N-dealkylation sites (N-methyl/N-ethyl adjacent to an activating group) is 1. The molecular weight excluding hydrogens is 241 g/mol. The van der Waals surface area contributed by atoms with Crippen molar-refractivity contribution in [2.75, 3.05) is 14.1 Å². The van der Waals surface area contributed by atoms with Crippen molar-refractivity contribution in [1.29, 1.82) is 0 Å². The molecule has 0 rings (SSSR count). The third-order valence-corrected chi connectivity index (χ3v) is 2.06. The van der Waals surface area contributed by atoms with Crippen molar-refractivity contribution in [3.05, 3.63) is 0 Å². The fraction of sp³-hybridized carbons (Fsp3) is 0.857. The van der Waals surface area contributed by atoms with Crippen molar-refractivity contribution in [2.45, 2.75) is 19.9 Å². The summed E-state index contributed by atoms with van der Waals surface area (Å²) in [6.45, 7) is 4.11. The molecule has 0 heterocycles. The SMILES string of the molecule is CC(C)[C@@H](C(=O)I)N(C)C. The molecule has 2 nitrogen and oxygen atoms in total. The molecule has 0 amide bonds. The Hall–Kier alpha value is 0.360. The monoisotopic (exact) mass is 255 g/mol. The zero-order chi connectivity index (χ0) is 8.31. The van der Waals surface area contributed by atoms with E-state index in [9.17, 15) is 4.79 Å². The third kappa shape index (κ3) is 2.96. The zero-order valence-corrected chi connectivity index (χ0v) is 9.05. The van der Waals surface area contributed by atoms with Crippen molar-refractivity contribution in [3.8, 4) is 0 Å². The third-order valence-electron chi connectivity index (χ3n) is 1.42. The van der Waals surface area contributed by atoms with E-state index in [1.54, 1.807) is 0 Å². The van der Waals surface area contributed by atoms with E-state index in [0.717, 1.165) is 0 Å². The lowest BCUT2D eigenvalue weighted by Crippen LogP contribution is -2.37. The Labute approximate surface area is 76.1 Å². The normalized spacial score (nSPS) is 14.3. The van der Waals surface area contributed by atoms with E-state index in [-0.39, 0.29) is 9.83 Å². The number of rotatable bonds is 3. The number of hydrogen-bond donors (Lipinski definition) is 0. The van der Waals surface area contributed by atoms with Crippen LogP contribution in [0.15, 0.2) is 0 Å². The van der Waals surface area contributed by atoms with Crippen molar-refractivity contribution in [2.24, 2.45) is 5.92 Å². The van der Waals surface area contributed by atoms with Gasteiger partial charge in [0.1, 0.15) is 0 Å². The zero-order valence-electron chi connectivity index (χ0n) is 6.89. The standard InChI is InChI=1S/C7H14INO/c1-5(2)6(7(8)10)9(3)4/h5-6H,1-4H3/t6-/m0/s1. The van der Waals surface area contributed by atoms with Gasteiger partial charge in [-0.05, 0) is 20.0 Å². The number of carbonyl (C=O) groups is 1. The molecular formula is C7H14INO. The fourth-order valence-electron chi connectivity index (χ4n) is 1.06. The summed E-state index contributed by atoms with van der Waals surface area (Å²) in [7, 11) is 3.86. The molecule has 10 heavy (non-hydrogen) atoms. The van der Waals surface area contributed by atoms with Crippen LogP contribution in [0, 0.1) is 5.92 Å². The molecule has 0 fully saturated rings. The minimum absolute atomic E-state index is 0.0700. The second kappa shape index (κ2) is 4.28. The highest BCUT2D eigenvalue weighted by Crippen LogP contribution is 2.11. The first-order valence-corrected chi connectivity index (χ1v) is 4.40. The van der Waals surface area contributed by atoms with Crippen molar-refractivity contribution >= 4 is 26.4 Å². The van der Waals surface area contributed by atoms with E-state index in [2.05, 4.69) is 13.8 Å². The molecule has 0 spiro atoms. The van der Waals surface area contributed by atoms with Crippen LogP contribution >= 0.6 is 22.6 Å². The Balaban J connectivity index is 4.12. The lowest BCUT2D eigenvalue weighted by molar-refractivity contribution is -0.114. The van der Waals surface area contributed by atoms with Gasteiger partial charge in [0.25, 0.3) is 0 Å². The molecule has 0 saturated heterocycles. The molecule has 0 N–H and O–H groups in total. The van der Waals surface area contributed by atoms with E-state index in [1.165, 1.54) is 0 Å². The molecule has 0 unspecified atom stereocenters. The first-order valence-electron chi connectivity index (χ1n) is 3.32. The van der Waals surface area contributed by atoms with Gasteiger partial charge < -0.3 is 0 Å². The van der Waals surface area contributed by atoms with Crippen LogP contribution in [-0.4, -0.2) is 28.8 Å². The van der Waals surface area contributed by atoms with Gasteiger partial charge in [0.05, 0.1) is 6.04 Å². The lowest BCUT2D eigenvalue weighted by atomic mass is 10.1. The van der Waals surface area contributed by atoms with Gasteiger partial charge in [0, 0.05) is 22.6 Å². The van der Waals surface area contributed by atoms with E-state index < -0.39 is 0 Å². The average Bonchev–Trinajstić information content (AvgIpc) is 1.59. The molecule has 0 saturated carbocycles. The quantitative estimate of drug-likeness (QED) is 0.563. The number of carbonyl (C=O) groups excluding carboxylic acids is 1. The fourth-order valence-corrected chi connectivity index (χ4v) is 2.34. The molecule has 0 aliphatic rings. The van der Waals surface area contributed by atoms with Gasteiger partial charge in [-0.3, -0.25) is 9.69 Å². The topological polar surface area (TPSA) is 20.3 Å². The van der Waals surface area contributed by atoms with Gasteiger partial charge in [-0.25, -0.2) is 0 Å². The Bertz CT molecular complexity index is 115. The summed E-state index contributed by atoms with van der Waals surface area (Å²) in [6.07, 6.45) is 0. The maximum absolute atomic E-state index is 11.0. The molecule has 0 aromatic carbocycles. The lowest BCUT2D eigenvalue weighted by Gasteiger charge is -2.23. The minimum Gasteiger partial charge on any atom is -0.299 e. The summed E-state index contributed by atoms with van der Waals surface area (Å²) in [4.78, 5) is 12.9. The van der Waals surface area contributed by atoms with Crippen LogP contribution in [-0.2, 0) is 4.79 Å². The van der Waals surface area contributed by atoms with Gasteiger partial charge in [0.2, 0.25) is 3.79 Å². The second-order valence-electron chi connectivity index (χ2n) is 2.96. The first-order chi connectivity index (χ1) is 4.46. The first kappa shape index (κ1) is 10.4. The van der Waals surface area contributed by atoms with Gasteiger partial charge >= 0.3 is 0 Å². The van der Waals surface area contributed by atoms with Crippen LogP contribution < -0.4 is 0 Å². The average molecular weight is 255 g/mol. The van der Waals surface area contributed by atoms with Crippen molar-refractivity contribution in [1.82, 2.24) is 4.90 Å². The van der Waals surface area contributed by atoms with Crippen LogP contribution in [0.1, 0.15) is 13.8 Å². The maximum Gasteiger partial charge on any atom is 0.209 e. The maximum atomic E-state index is 11.0. The number of halogens is 1. The second-order valence-corrected chi connectivity index (χ2v) is 4.02. The van der Waals surface area contributed by atoms with Crippen LogP contribution in [0.4, 0.5) is 0 Å². The predicted octanol–water partition coefficient (Wildman–Crippen LogP) is 1.53. The minimum atomic E-state index is 0.0700. The van der Waals surface area contributed by atoms with E-state index >= 15 is 0 Å². The van der Waals surface area contributed by atoms with Gasteiger partial charge in [-0.2, -0.15) is 0 Å². The summed E-state index contributed by atoms with van der Waals surface area (Å²) in [6, 6.07) is 0.0700. The van der Waals surface area contributed by atoms with Crippen LogP contribution in [0.25, 0.3) is 0 Å². The van der Waals surface area contributed by atoms with Gasteiger partial charge in [0.15, 0.2) is 0 Å². The smallest absolute Gasteiger partial charge is 0.209 e. The predicted molar refractivity (Wildman–Crippen MR) is 51.3 cm³/mol. The van der Waals surface area contributed by atoms with E-state index in [0.29, 0.717) is 5.92 Å². The highest BCUT2D eigenvalue weighted by atomic mass is 127. The molecule has 60 valence electrons. The summed E-state index contributed by atoms with van der Waals surface area (Å²) in [5, 5.41) is 0. The molecule has 0 aromatic rings. The highest BCUT2D eigenvalue weighted by Gasteiger charge is 2.21. The summed E-state index contributed by atoms with van der Waals surface area (Å²) < 4.78 is 0.220. The van der Waals surface area contributed by atoms with Gasteiger partial charge in [-0.15, -0.1) is 0 Å². The summed E-state index contributed by atoms with van der Waals surface area (Å²) >= 11 is 1.85. The Morgan fingerprint density at radius 3 is 1.80 bits per heavy atom. The molecule has 0 aromatic heterocycles. The molecule has 1 atom stereocenters. The molecule has 0 aliphatic heterocycles. The largest absolute Gasteiger partial charge is 0.299 e. The molecule has 0 radical (unpaired) electrons. The Morgan fingerprint density at radius 1 is 1.40 bits per heavy atom. The summed E-state index contributed by atoms with van der Waals surface area (Å²) in [5.74, 6) is 0.402. The number of nitrogens with zero attached hydrogens (tertiary/aromatic N) is 1. The molecule has 0 bridgehead atoms. The Morgan fingerprint density at radius 2 is 1.80 bits per heavy atom. The molecule has 0 aliphatic carbocycles. The van der Waals surface area contributed by atoms with Crippen LogP contribution in [0.2, 0.25) is 0 Å². The number of hydrogen-bond acceptors (Lipinski definition) is 2. The van der Waals surface area contributed by atoms with Crippen LogP contribution in [0.5, 0.6) is 0 Å².